The molecule has 4 heteroatoms. The predicted molar refractivity (Wildman–Crippen MR) is 64.7 cm³/mol. The Morgan fingerprint density at radius 3 is 2.71 bits per heavy atom. The lowest BCUT2D eigenvalue weighted by Gasteiger charge is -2.15. The Morgan fingerprint density at radius 2 is 2.18 bits per heavy atom. The summed E-state index contributed by atoms with van der Waals surface area (Å²) in [7, 11) is 3.13. The number of ether oxygens (including phenoxy) is 2. The number of nitriles is 1. The van der Waals surface area contributed by atoms with Crippen LogP contribution in [0.25, 0.3) is 0 Å². The summed E-state index contributed by atoms with van der Waals surface area (Å²) in [4.78, 5) is 0. The van der Waals surface area contributed by atoms with Gasteiger partial charge in [0.15, 0.2) is 0 Å². The highest BCUT2D eigenvalue weighted by Gasteiger charge is 2.15. The summed E-state index contributed by atoms with van der Waals surface area (Å²) < 4.78 is 10.3. The summed E-state index contributed by atoms with van der Waals surface area (Å²) in [6.07, 6.45) is 5.16. The van der Waals surface area contributed by atoms with Gasteiger partial charge in [-0.25, -0.2) is 0 Å². The molecule has 0 aromatic heterocycles. The second-order valence-electron chi connectivity index (χ2n) is 3.26. The van der Waals surface area contributed by atoms with Gasteiger partial charge in [0, 0.05) is 5.56 Å². The molecule has 0 saturated carbocycles. The van der Waals surface area contributed by atoms with Crippen molar-refractivity contribution in [3.05, 3.63) is 23.8 Å². The van der Waals surface area contributed by atoms with Crippen LogP contribution < -0.4 is 14.8 Å². The van der Waals surface area contributed by atoms with Crippen molar-refractivity contribution in [2.24, 2.45) is 0 Å². The molecule has 17 heavy (non-hydrogen) atoms. The van der Waals surface area contributed by atoms with Gasteiger partial charge in [-0.15, -0.1) is 6.42 Å². The standard InChI is InChI=1S/C13H14N2O2/c1-4-7-15-12(9-14)11-8-10(16-2)5-6-13(11)17-3/h1,5-6,8,12,15H,7H2,2-3H3. The normalized spacial score (nSPS) is 11.1. The van der Waals surface area contributed by atoms with E-state index in [0.717, 1.165) is 0 Å². The topological polar surface area (TPSA) is 54.3 Å². The van der Waals surface area contributed by atoms with Crippen LogP contribution in [0.1, 0.15) is 11.6 Å². The number of nitrogens with zero attached hydrogens (tertiary/aromatic N) is 1. The molecule has 88 valence electrons. The van der Waals surface area contributed by atoms with Gasteiger partial charge >= 0.3 is 0 Å². The molecular formula is C13H14N2O2. The van der Waals surface area contributed by atoms with Gasteiger partial charge in [0.25, 0.3) is 0 Å². The highest BCUT2D eigenvalue weighted by atomic mass is 16.5. The third-order valence-electron chi connectivity index (χ3n) is 2.29. The van der Waals surface area contributed by atoms with E-state index in [9.17, 15) is 0 Å². The molecule has 0 spiro atoms. The second-order valence-corrected chi connectivity index (χ2v) is 3.26. The molecule has 1 unspecified atom stereocenters. The van der Waals surface area contributed by atoms with E-state index in [0.29, 0.717) is 23.6 Å². The van der Waals surface area contributed by atoms with E-state index in [1.807, 2.05) is 0 Å². The van der Waals surface area contributed by atoms with E-state index in [-0.39, 0.29) is 0 Å². The van der Waals surface area contributed by atoms with Gasteiger partial charge in [0.2, 0.25) is 0 Å². The lowest BCUT2D eigenvalue weighted by atomic mass is 10.1. The van der Waals surface area contributed by atoms with E-state index in [4.69, 9.17) is 21.2 Å². The number of rotatable bonds is 5. The van der Waals surface area contributed by atoms with Crippen LogP contribution >= 0.6 is 0 Å². The van der Waals surface area contributed by atoms with Crippen LogP contribution in [0, 0.1) is 23.7 Å². The average molecular weight is 230 g/mol. The zero-order valence-corrected chi connectivity index (χ0v) is 9.86. The molecule has 0 fully saturated rings. The summed E-state index contributed by atoms with van der Waals surface area (Å²) in [5.74, 6) is 3.73. The molecule has 1 N–H and O–H groups in total. The lowest BCUT2D eigenvalue weighted by Crippen LogP contribution is -2.20. The maximum absolute atomic E-state index is 9.11. The number of benzene rings is 1. The molecule has 0 heterocycles. The maximum Gasteiger partial charge on any atom is 0.125 e. The molecule has 0 saturated heterocycles. The van der Waals surface area contributed by atoms with E-state index >= 15 is 0 Å². The molecule has 0 bridgehead atoms. The van der Waals surface area contributed by atoms with Gasteiger partial charge in [0.05, 0.1) is 26.8 Å². The Morgan fingerprint density at radius 1 is 1.41 bits per heavy atom. The fourth-order valence-corrected chi connectivity index (χ4v) is 1.45. The summed E-state index contributed by atoms with van der Waals surface area (Å²) in [6, 6.07) is 6.92. The summed E-state index contributed by atoms with van der Waals surface area (Å²) in [6.45, 7) is 0.318. The quantitative estimate of drug-likeness (QED) is 0.779. The molecule has 1 atom stereocenters. The van der Waals surface area contributed by atoms with Crippen molar-refractivity contribution in [1.29, 1.82) is 5.26 Å². The number of terminal acetylenes is 1. The van der Waals surface area contributed by atoms with Gasteiger partial charge in [-0.2, -0.15) is 5.26 Å². The van der Waals surface area contributed by atoms with Crippen LogP contribution in [0.5, 0.6) is 11.5 Å². The molecule has 0 amide bonds. The van der Waals surface area contributed by atoms with E-state index in [1.54, 1.807) is 32.4 Å². The highest BCUT2D eigenvalue weighted by Crippen LogP contribution is 2.28. The van der Waals surface area contributed by atoms with Crippen LogP contribution in [0.4, 0.5) is 0 Å². The van der Waals surface area contributed by atoms with Crippen LogP contribution in [0.3, 0.4) is 0 Å². The largest absolute Gasteiger partial charge is 0.497 e. The number of nitrogens with one attached hydrogen (secondary N) is 1. The number of hydrogen-bond acceptors (Lipinski definition) is 4. The molecular weight excluding hydrogens is 216 g/mol. The smallest absolute Gasteiger partial charge is 0.125 e. The third-order valence-corrected chi connectivity index (χ3v) is 2.29. The van der Waals surface area contributed by atoms with Crippen molar-refractivity contribution in [3.63, 3.8) is 0 Å². The van der Waals surface area contributed by atoms with Crippen LogP contribution in [-0.4, -0.2) is 20.8 Å². The number of methoxy groups -OCH3 is 2. The first-order valence-corrected chi connectivity index (χ1v) is 5.05. The van der Waals surface area contributed by atoms with Crippen LogP contribution in [0.2, 0.25) is 0 Å². The number of hydrogen-bond donors (Lipinski definition) is 1. The second kappa shape index (κ2) is 6.42. The zero-order valence-electron chi connectivity index (χ0n) is 9.86. The molecule has 1 rings (SSSR count). The molecule has 0 aliphatic rings. The van der Waals surface area contributed by atoms with E-state index < -0.39 is 6.04 Å². The van der Waals surface area contributed by atoms with Crippen molar-refractivity contribution < 1.29 is 9.47 Å². The molecule has 4 nitrogen and oxygen atoms in total. The van der Waals surface area contributed by atoms with Gasteiger partial charge in [-0.3, -0.25) is 5.32 Å². The molecule has 0 aliphatic carbocycles. The Labute approximate surface area is 101 Å². The van der Waals surface area contributed by atoms with Gasteiger partial charge in [-0.05, 0) is 18.2 Å². The van der Waals surface area contributed by atoms with Crippen molar-refractivity contribution >= 4 is 0 Å². The Hall–Kier alpha value is -2.17. The Kier molecular flexibility index (Phi) is 4.87. The predicted octanol–water partition coefficient (Wildman–Crippen LogP) is 1.49. The van der Waals surface area contributed by atoms with Crippen molar-refractivity contribution in [2.45, 2.75) is 6.04 Å². The monoisotopic (exact) mass is 230 g/mol. The van der Waals surface area contributed by atoms with Crippen molar-refractivity contribution in [2.75, 3.05) is 20.8 Å². The minimum atomic E-state index is -0.518. The fraction of sp³-hybridized carbons (Fsp3) is 0.308. The maximum atomic E-state index is 9.11. The minimum absolute atomic E-state index is 0.318. The van der Waals surface area contributed by atoms with E-state index in [1.165, 1.54) is 0 Å². The lowest BCUT2D eigenvalue weighted by molar-refractivity contribution is 0.395. The summed E-state index contributed by atoms with van der Waals surface area (Å²) >= 11 is 0. The van der Waals surface area contributed by atoms with Crippen molar-refractivity contribution in [3.8, 4) is 29.9 Å². The fourth-order valence-electron chi connectivity index (χ4n) is 1.45. The molecule has 1 aromatic rings. The first kappa shape index (κ1) is 12.9. The first-order chi connectivity index (χ1) is 8.26. The van der Waals surface area contributed by atoms with Crippen LogP contribution in [0.15, 0.2) is 18.2 Å². The zero-order chi connectivity index (χ0) is 12.7. The molecule has 0 aliphatic heterocycles. The van der Waals surface area contributed by atoms with Gasteiger partial charge in [0.1, 0.15) is 17.5 Å². The highest BCUT2D eigenvalue weighted by molar-refractivity contribution is 5.44. The molecule has 1 aromatic carbocycles. The average Bonchev–Trinajstić information content (AvgIpc) is 2.39. The van der Waals surface area contributed by atoms with Gasteiger partial charge < -0.3 is 9.47 Å². The van der Waals surface area contributed by atoms with Crippen LogP contribution in [-0.2, 0) is 0 Å². The third kappa shape index (κ3) is 3.14. The van der Waals surface area contributed by atoms with Gasteiger partial charge in [-0.1, -0.05) is 5.92 Å². The summed E-state index contributed by atoms with van der Waals surface area (Å²) in [5, 5.41) is 12.0. The molecule has 0 radical (unpaired) electrons. The Balaban J connectivity index is 3.08. The first-order valence-electron chi connectivity index (χ1n) is 5.05. The van der Waals surface area contributed by atoms with Crippen molar-refractivity contribution in [1.82, 2.24) is 5.32 Å². The SMILES string of the molecule is C#CCNC(C#N)c1cc(OC)ccc1OC. The summed E-state index contributed by atoms with van der Waals surface area (Å²) in [5.41, 5.74) is 0.713. The minimum Gasteiger partial charge on any atom is -0.497 e. The van der Waals surface area contributed by atoms with E-state index in [2.05, 4.69) is 17.3 Å². The Bertz CT molecular complexity index is 457.